The fraction of sp³-hybridized carbons (Fsp3) is 0.182. The van der Waals surface area contributed by atoms with Crippen molar-refractivity contribution in [3.63, 3.8) is 0 Å². The first-order chi connectivity index (χ1) is 10.6. The van der Waals surface area contributed by atoms with E-state index in [4.69, 9.17) is 0 Å². The molecule has 22 heavy (non-hydrogen) atoms. The van der Waals surface area contributed by atoms with Crippen molar-refractivity contribution in [1.29, 1.82) is 0 Å². The SMILES string of the molecule is Cc1ccccc1-c1cc(-c2ccccc2)cc(C(C)C)c1. The van der Waals surface area contributed by atoms with Gasteiger partial charge in [-0.05, 0) is 52.3 Å². The van der Waals surface area contributed by atoms with Gasteiger partial charge in [0.15, 0.2) is 0 Å². The molecule has 0 saturated heterocycles. The molecule has 0 nitrogen and oxygen atoms in total. The van der Waals surface area contributed by atoms with E-state index in [1.54, 1.807) is 0 Å². The van der Waals surface area contributed by atoms with Gasteiger partial charge in [-0.2, -0.15) is 0 Å². The van der Waals surface area contributed by atoms with Gasteiger partial charge >= 0.3 is 0 Å². The summed E-state index contributed by atoms with van der Waals surface area (Å²) in [5.74, 6) is 0.520. The van der Waals surface area contributed by atoms with Gasteiger partial charge in [-0.3, -0.25) is 0 Å². The molecule has 0 aliphatic rings. The van der Waals surface area contributed by atoms with Crippen LogP contribution in [0.25, 0.3) is 22.3 Å². The Morgan fingerprint density at radius 3 is 1.95 bits per heavy atom. The smallest absolute Gasteiger partial charge is 0.0154 e. The molecule has 0 spiro atoms. The summed E-state index contributed by atoms with van der Waals surface area (Å²) in [5.41, 5.74) is 7.91. The Balaban J connectivity index is 2.19. The van der Waals surface area contributed by atoms with E-state index in [1.165, 1.54) is 33.4 Å². The molecule has 3 aromatic rings. The second-order valence-electron chi connectivity index (χ2n) is 6.18. The highest BCUT2D eigenvalue weighted by Gasteiger charge is 2.09. The number of benzene rings is 3. The molecule has 0 aromatic heterocycles. The van der Waals surface area contributed by atoms with Crippen LogP contribution >= 0.6 is 0 Å². The maximum atomic E-state index is 2.33. The van der Waals surface area contributed by atoms with Crippen LogP contribution in [0.2, 0.25) is 0 Å². The van der Waals surface area contributed by atoms with Crippen molar-refractivity contribution < 1.29 is 0 Å². The number of aryl methyl sites for hydroxylation is 1. The number of hydrogen-bond acceptors (Lipinski definition) is 0. The molecular formula is C22H22. The normalized spacial score (nSPS) is 10.9. The van der Waals surface area contributed by atoms with Crippen LogP contribution < -0.4 is 0 Å². The minimum absolute atomic E-state index is 0.520. The first-order valence-corrected chi connectivity index (χ1v) is 7.91. The Bertz CT molecular complexity index is 767. The Hall–Kier alpha value is -2.34. The molecule has 3 aromatic carbocycles. The largest absolute Gasteiger partial charge is 0.0622 e. The van der Waals surface area contributed by atoms with E-state index >= 15 is 0 Å². The lowest BCUT2D eigenvalue weighted by atomic mass is 9.91. The Morgan fingerprint density at radius 1 is 0.636 bits per heavy atom. The van der Waals surface area contributed by atoms with Gasteiger partial charge in [0, 0.05) is 0 Å². The van der Waals surface area contributed by atoms with Crippen molar-refractivity contribution in [2.45, 2.75) is 26.7 Å². The monoisotopic (exact) mass is 286 g/mol. The van der Waals surface area contributed by atoms with E-state index in [2.05, 4.69) is 93.6 Å². The van der Waals surface area contributed by atoms with Crippen molar-refractivity contribution in [2.75, 3.05) is 0 Å². The quantitative estimate of drug-likeness (QED) is 0.519. The van der Waals surface area contributed by atoms with Gasteiger partial charge in [0.05, 0.1) is 0 Å². The van der Waals surface area contributed by atoms with Gasteiger partial charge in [0.2, 0.25) is 0 Å². The van der Waals surface area contributed by atoms with Gasteiger partial charge in [-0.1, -0.05) is 80.6 Å². The third-order valence-electron chi connectivity index (χ3n) is 4.19. The van der Waals surface area contributed by atoms with Crippen LogP contribution in [-0.2, 0) is 0 Å². The minimum Gasteiger partial charge on any atom is -0.0622 e. The van der Waals surface area contributed by atoms with Crippen LogP contribution in [0.3, 0.4) is 0 Å². The molecule has 110 valence electrons. The van der Waals surface area contributed by atoms with Crippen LogP contribution in [0.4, 0.5) is 0 Å². The van der Waals surface area contributed by atoms with Crippen molar-refractivity contribution in [1.82, 2.24) is 0 Å². The summed E-state index contributed by atoms with van der Waals surface area (Å²) in [7, 11) is 0. The van der Waals surface area contributed by atoms with Gasteiger partial charge in [-0.25, -0.2) is 0 Å². The zero-order valence-electron chi connectivity index (χ0n) is 13.5. The molecule has 0 saturated carbocycles. The van der Waals surface area contributed by atoms with E-state index in [-0.39, 0.29) is 0 Å². The first-order valence-electron chi connectivity index (χ1n) is 7.91. The highest BCUT2D eigenvalue weighted by molar-refractivity contribution is 5.75. The van der Waals surface area contributed by atoms with Crippen LogP contribution in [0.15, 0.2) is 72.8 Å². The summed E-state index contributed by atoms with van der Waals surface area (Å²) < 4.78 is 0. The predicted octanol–water partition coefficient (Wildman–Crippen LogP) is 6.45. The molecule has 3 rings (SSSR count). The zero-order valence-corrected chi connectivity index (χ0v) is 13.5. The third-order valence-corrected chi connectivity index (χ3v) is 4.19. The van der Waals surface area contributed by atoms with Crippen molar-refractivity contribution in [3.05, 3.63) is 83.9 Å². The maximum absolute atomic E-state index is 2.33. The van der Waals surface area contributed by atoms with Gasteiger partial charge in [0.1, 0.15) is 0 Å². The number of hydrogen-bond donors (Lipinski definition) is 0. The third kappa shape index (κ3) is 2.96. The van der Waals surface area contributed by atoms with E-state index < -0.39 is 0 Å². The highest BCUT2D eigenvalue weighted by atomic mass is 14.1. The molecular weight excluding hydrogens is 264 g/mol. The summed E-state index contributed by atoms with van der Waals surface area (Å²) in [6.45, 7) is 6.69. The van der Waals surface area contributed by atoms with E-state index in [1.807, 2.05) is 0 Å². The van der Waals surface area contributed by atoms with Crippen molar-refractivity contribution in [3.8, 4) is 22.3 Å². The second kappa shape index (κ2) is 6.19. The maximum Gasteiger partial charge on any atom is -0.0154 e. The molecule has 0 unspecified atom stereocenters. The Kier molecular flexibility index (Phi) is 4.11. The average Bonchev–Trinajstić information content (AvgIpc) is 2.55. The minimum atomic E-state index is 0.520. The van der Waals surface area contributed by atoms with Crippen LogP contribution in [0.1, 0.15) is 30.9 Å². The molecule has 0 heteroatoms. The number of rotatable bonds is 3. The first kappa shape index (κ1) is 14.6. The Morgan fingerprint density at radius 2 is 1.27 bits per heavy atom. The second-order valence-corrected chi connectivity index (χ2v) is 6.18. The summed E-state index contributed by atoms with van der Waals surface area (Å²) in [5, 5.41) is 0. The van der Waals surface area contributed by atoms with Crippen molar-refractivity contribution >= 4 is 0 Å². The van der Waals surface area contributed by atoms with Crippen LogP contribution in [0, 0.1) is 6.92 Å². The molecule has 0 amide bonds. The highest BCUT2D eigenvalue weighted by Crippen LogP contribution is 2.32. The summed E-state index contributed by atoms with van der Waals surface area (Å²) in [6.07, 6.45) is 0. The summed E-state index contributed by atoms with van der Waals surface area (Å²) in [6, 6.07) is 26.2. The molecule has 0 fully saturated rings. The molecule has 0 radical (unpaired) electrons. The van der Waals surface area contributed by atoms with Gasteiger partial charge in [-0.15, -0.1) is 0 Å². The lowest BCUT2D eigenvalue weighted by Crippen LogP contribution is -1.92. The molecule has 0 N–H and O–H groups in total. The van der Waals surface area contributed by atoms with Crippen molar-refractivity contribution in [2.24, 2.45) is 0 Å². The average molecular weight is 286 g/mol. The van der Waals surface area contributed by atoms with E-state index in [9.17, 15) is 0 Å². The fourth-order valence-electron chi connectivity index (χ4n) is 2.83. The fourth-order valence-corrected chi connectivity index (χ4v) is 2.83. The lowest BCUT2D eigenvalue weighted by Gasteiger charge is -2.14. The molecule has 0 heterocycles. The van der Waals surface area contributed by atoms with Gasteiger partial charge < -0.3 is 0 Å². The Labute approximate surface area is 133 Å². The summed E-state index contributed by atoms with van der Waals surface area (Å²) in [4.78, 5) is 0. The zero-order chi connectivity index (χ0) is 15.5. The molecule has 0 aliphatic heterocycles. The lowest BCUT2D eigenvalue weighted by molar-refractivity contribution is 0.867. The standard InChI is InChI=1S/C22H22/c1-16(2)19-13-20(18-10-5-4-6-11-18)15-21(14-19)22-12-8-7-9-17(22)3/h4-16H,1-3H3. The van der Waals surface area contributed by atoms with Crippen LogP contribution in [0.5, 0.6) is 0 Å². The van der Waals surface area contributed by atoms with E-state index in [0.29, 0.717) is 5.92 Å². The van der Waals surface area contributed by atoms with E-state index in [0.717, 1.165) is 0 Å². The molecule has 0 aliphatic carbocycles. The van der Waals surface area contributed by atoms with Gasteiger partial charge in [0.25, 0.3) is 0 Å². The topological polar surface area (TPSA) is 0 Å². The molecule has 0 bridgehead atoms. The molecule has 0 atom stereocenters. The van der Waals surface area contributed by atoms with Crippen LogP contribution in [-0.4, -0.2) is 0 Å². The summed E-state index contributed by atoms with van der Waals surface area (Å²) >= 11 is 0. The predicted molar refractivity (Wildman–Crippen MR) is 96.1 cm³/mol.